The molecule has 1 aromatic carbocycles. The number of benzene rings is 1. The molecule has 31 heavy (non-hydrogen) atoms. The number of nitrogens with two attached hydrogens (primary N) is 2. The molecule has 4 rings (SSSR count). The lowest BCUT2D eigenvalue weighted by atomic mass is 10.0. The van der Waals surface area contributed by atoms with E-state index in [2.05, 4.69) is 4.98 Å². The minimum Gasteiger partial charge on any atom is -0.478 e. The molecule has 3 heterocycles. The number of rotatable bonds is 4. The Labute approximate surface area is 187 Å². The summed E-state index contributed by atoms with van der Waals surface area (Å²) in [7, 11) is 0. The highest BCUT2D eigenvalue weighted by molar-refractivity contribution is 6.36. The minimum atomic E-state index is -0.738. The highest BCUT2D eigenvalue weighted by Crippen LogP contribution is 2.41. The van der Waals surface area contributed by atoms with E-state index in [9.17, 15) is 9.18 Å². The van der Waals surface area contributed by atoms with Crippen LogP contribution in [0.5, 0.6) is 5.75 Å². The number of halogens is 3. The first kappa shape index (κ1) is 21.3. The van der Waals surface area contributed by atoms with Gasteiger partial charge in [0.1, 0.15) is 11.9 Å². The summed E-state index contributed by atoms with van der Waals surface area (Å²) in [5.74, 6) is -0.319. The molecular formula is C21H19Cl2FN4O3. The summed E-state index contributed by atoms with van der Waals surface area (Å²) in [6, 6.07) is 2.11. The van der Waals surface area contributed by atoms with Gasteiger partial charge < -0.3 is 25.5 Å². The zero-order valence-electron chi connectivity index (χ0n) is 16.5. The standard InChI is InChI=1S/C21H19Cl2FN4O3/c1-10(16-14(22)4-5-15(24)17(16)23)31-19-18-12(7-27-20(19)25)13(9-30-18)11-3-2-6-28(8-11)21(26)29/h3-5,7,9-10H,2,6,8H2,1H3,(H2,25,27)(H2,26,29)/t10-/m1/s1. The van der Waals surface area contributed by atoms with Gasteiger partial charge in [0.25, 0.3) is 0 Å². The van der Waals surface area contributed by atoms with E-state index in [0.29, 0.717) is 36.0 Å². The SMILES string of the molecule is C[C@@H](Oc1c(N)ncc2c(C3=CCCN(C(N)=O)C3)coc12)c1c(Cl)ccc(F)c1Cl. The van der Waals surface area contributed by atoms with E-state index < -0.39 is 18.0 Å². The van der Waals surface area contributed by atoms with Crippen molar-refractivity contribution in [3.8, 4) is 5.75 Å². The summed E-state index contributed by atoms with van der Waals surface area (Å²) in [5.41, 5.74) is 13.8. The molecule has 3 aromatic rings. The number of furan rings is 1. The molecule has 0 saturated carbocycles. The summed E-state index contributed by atoms with van der Waals surface area (Å²) >= 11 is 12.3. The summed E-state index contributed by atoms with van der Waals surface area (Å²) in [5, 5.41) is 0.791. The van der Waals surface area contributed by atoms with Gasteiger partial charge in [0.15, 0.2) is 11.4 Å². The molecule has 0 saturated heterocycles. The lowest BCUT2D eigenvalue weighted by molar-refractivity contribution is 0.213. The first-order chi connectivity index (χ1) is 14.8. The highest BCUT2D eigenvalue weighted by Gasteiger charge is 2.25. The van der Waals surface area contributed by atoms with Gasteiger partial charge in [-0.1, -0.05) is 29.3 Å². The maximum atomic E-state index is 13.9. The van der Waals surface area contributed by atoms with Gasteiger partial charge in [-0.25, -0.2) is 14.2 Å². The van der Waals surface area contributed by atoms with E-state index in [1.54, 1.807) is 24.3 Å². The van der Waals surface area contributed by atoms with Crippen LogP contribution in [-0.4, -0.2) is 29.0 Å². The van der Waals surface area contributed by atoms with E-state index in [1.807, 2.05) is 6.08 Å². The van der Waals surface area contributed by atoms with Crippen LogP contribution in [-0.2, 0) is 0 Å². The molecule has 1 aliphatic heterocycles. The van der Waals surface area contributed by atoms with Gasteiger partial charge in [0.05, 0.1) is 16.7 Å². The number of carbonyl (C=O) groups excluding carboxylic acids is 1. The van der Waals surface area contributed by atoms with Crippen molar-refractivity contribution >= 4 is 51.6 Å². The first-order valence-electron chi connectivity index (χ1n) is 9.47. The topological polar surface area (TPSA) is 108 Å². The third-order valence-electron chi connectivity index (χ3n) is 5.19. The molecule has 0 unspecified atom stereocenters. The number of primary amides is 1. The van der Waals surface area contributed by atoms with Gasteiger partial charge in [-0.2, -0.15) is 0 Å². The van der Waals surface area contributed by atoms with Crippen LogP contribution in [0.1, 0.15) is 30.6 Å². The summed E-state index contributed by atoms with van der Waals surface area (Å²) < 4.78 is 25.7. The molecule has 2 amide bonds. The van der Waals surface area contributed by atoms with Gasteiger partial charge in [0, 0.05) is 35.4 Å². The molecule has 1 aliphatic rings. The van der Waals surface area contributed by atoms with Crippen molar-refractivity contribution in [2.75, 3.05) is 18.8 Å². The fraction of sp³-hybridized carbons (Fsp3) is 0.238. The number of hydrogen-bond acceptors (Lipinski definition) is 5. The molecule has 7 nitrogen and oxygen atoms in total. The Kier molecular flexibility index (Phi) is 5.68. The predicted molar refractivity (Wildman–Crippen MR) is 118 cm³/mol. The van der Waals surface area contributed by atoms with Crippen LogP contribution in [0.2, 0.25) is 10.0 Å². The van der Waals surface area contributed by atoms with Crippen LogP contribution in [0.3, 0.4) is 0 Å². The fourth-order valence-corrected chi connectivity index (χ4v) is 4.30. The van der Waals surface area contributed by atoms with Crippen LogP contribution in [0.25, 0.3) is 16.5 Å². The number of nitrogens with zero attached hydrogens (tertiary/aromatic N) is 2. The normalized spacial score (nSPS) is 15.1. The third-order valence-corrected chi connectivity index (χ3v) is 5.90. The number of ether oxygens (including phenoxy) is 1. The second-order valence-corrected chi connectivity index (χ2v) is 7.94. The summed E-state index contributed by atoms with van der Waals surface area (Å²) in [6.45, 7) is 2.58. The molecule has 0 aliphatic carbocycles. The van der Waals surface area contributed by atoms with Crippen LogP contribution in [0, 0.1) is 5.82 Å². The third kappa shape index (κ3) is 3.88. The van der Waals surface area contributed by atoms with Crippen LogP contribution >= 0.6 is 23.2 Å². The largest absolute Gasteiger partial charge is 0.478 e. The van der Waals surface area contributed by atoms with E-state index in [1.165, 1.54) is 12.1 Å². The number of pyridine rings is 1. The van der Waals surface area contributed by atoms with Gasteiger partial charge >= 0.3 is 6.03 Å². The molecule has 0 bridgehead atoms. The number of hydrogen-bond donors (Lipinski definition) is 2. The van der Waals surface area contributed by atoms with E-state index >= 15 is 0 Å². The maximum Gasteiger partial charge on any atom is 0.315 e. The molecule has 0 spiro atoms. The van der Waals surface area contributed by atoms with Crippen LogP contribution < -0.4 is 16.2 Å². The maximum absolute atomic E-state index is 13.9. The van der Waals surface area contributed by atoms with Gasteiger partial charge in [0.2, 0.25) is 5.75 Å². The number of carbonyl (C=O) groups is 1. The Morgan fingerprint density at radius 3 is 2.90 bits per heavy atom. The molecule has 1 atom stereocenters. The van der Waals surface area contributed by atoms with E-state index in [4.69, 9.17) is 43.8 Å². The Hall–Kier alpha value is -2.97. The Balaban J connectivity index is 1.72. The van der Waals surface area contributed by atoms with Crippen molar-refractivity contribution in [3.63, 3.8) is 0 Å². The average Bonchev–Trinajstić information content (AvgIpc) is 3.17. The zero-order valence-corrected chi connectivity index (χ0v) is 18.0. The van der Waals surface area contributed by atoms with Gasteiger partial charge in [-0.15, -0.1) is 0 Å². The monoisotopic (exact) mass is 464 g/mol. The quantitative estimate of drug-likeness (QED) is 0.518. The average molecular weight is 465 g/mol. The minimum absolute atomic E-state index is 0.0975. The first-order valence-corrected chi connectivity index (χ1v) is 10.2. The Bertz CT molecular complexity index is 1210. The van der Waals surface area contributed by atoms with Crippen molar-refractivity contribution in [1.29, 1.82) is 0 Å². The molecule has 0 radical (unpaired) electrons. The number of amides is 2. The zero-order chi connectivity index (χ0) is 22.3. The number of aromatic nitrogens is 1. The smallest absolute Gasteiger partial charge is 0.315 e. The highest BCUT2D eigenvalue weighted by atomic mass is 35.5. The molecule has 2 aromatic heterocycles. The Morgan fingerprint density at radius 2 is 2.16 bits per heavy atom. The fourth-order valence-electron chi connectivity index (χ4n) is 3.62. The van der Waals surface area contributed by atoms with Crippen molar-refractivity contribution < 1.29 is 18.3 Å². The van der Waals surface area contributed by atoms with Crippen molar-refractivity contribution in [2.24, 2.45) is 5.73 Å². The van der Waals surface area contributed by atoms with Crippen LogP contribution in [0.15, 0.2) is 35.1 Å². The van der Waals surface area contributed by atoms with Crippen molar-refractivity contribution in [1.82, 2.24) is 9.88 Å². The second-order valence-electron chi connectivity index (χ2n) is 7.16. The van der Waals surface area contributed by atoms with Gasteiger partial charge in [-0.05, 0) is 31.1 Å². The predicted octanol–water partition coefficient (Wildman–Crippen LogP) is 5.16. The van der Waals surface area contributed by atoms with E-state index in [0.717, 1.165) is 11.1 Å². The number of fused-ring (bicyclic) bond motifs is 1. The second kappa shape index (κ2) is 8.28. The summed E-state index contributed by atoms with van der Waals surface area (Å²) in [6.07, 6.45) is 5.09. The van der Waals surface area contributed by atoms with E-state index in [-0.39, 0.29) is 21.6 Å². The number of anilines is 1. The molecule has 10 heteroatoms. The lowest BCUT2D eigenvalue weighted by Gasteiger charge is -2.25. The number of nitrogen functional groups attached to an aromatic ring is 1. The molecule has 162 valence electrons. The molecule has 0 fully saturated rings. The number of urea groups is 1. The molecule has 4 N–H and O–H groups in total. The van der Waals surface area contributed by atoms with Crippen molar-refractivity contribution in [2.45, 2.75) is 19.4 Å². The van der Waals surface area contributed by atoms with Crippen molar-refractivity contribution in [3.05, 3.63) is 57.7 Å². The summed E-state index contributed by atoms with van der Waals surface area (Å²) in [4.78, 5) is 17.3. The Morgan fingerprint density at radius 1 is 1.39 bits per heavy atom. The van der Waals surface area contributed by atoms with Gasteiger partial charge in [-0.3, -0.25) is 0 Å². The molecular weight excluding hydrogens is 446 g/mol. The van der Waals surface area contributed by atoms with Crippen LogP contribution in [0.4, 0.5) is 15.0 Å². The lowest BCUT2D eigenvalue weighted by Crippen LogP contribution is -2.39.